The highest BCUT2D eigenvalue weighted by molar-refractivity contribution is 7.92. The Morgan fingerprint density at radius 1 is 1.24 bits per heavy atom. The van der Waals surface area contributed by atoms with Gasteiger partial charge in [-0.15, -0.1) is 0 Å². The summed E-state index contributed by atoms with van der Waals surface area (Å²) in [6.45, 7) is 5.04. The molecular weight excluding hydrogens is 392 g/mol. The van der Waals surface area contributed by atoms with E-state index in [4.69, 9.17) is 4.74 Å². The fraction of sp³-hybridized carbons (Fsp3) is 0.333. The molecule has 0 aromatic heterocycles. The van der Waals surface area contributed by atoms with Gasteiger partial charge in [0.25, 0.3) is 5.91 Å². The van der Waals surface area contributed by atoms with Crippen molar-refractivity contribution in [1.82, 2.24) is 0 Å². The second-order valence-electron chi connectivity index (χ2n) is 7.11. The number of anilines is 2. The number of benzene rings is 2. The molecule has 0 radical (unpaired) electrons. The SMILES string of the molecule is CCc1ccc(NC(=O)C[C@H](C)S(=O)(=O)c2cc3c(cc2C)NC(=O)CO3)cc1. The van der Waals surface area contributed by atoms with Crippen LogP contribution in [0.5, 0.6) is 5.75 Å². The zero-order chi connectivity index (χ0) is 21.2. The molecule has 1 atom stereocenters. The number of hydrogen-bond donors (Lipinski definition) is 2. The molecule has 29 heavy (non-hydrogen) atoms. The summed E-state index contributed by atoms with van der Waals surface area (Å²) in [7, 11) is -3.77. The van der Waals surface area contributed by atoms with Crippen LogP contribution in [0, 0.1) is 6.92 Å². The van der Waals surface area contributed by atoms with Crippen molar-refractivity contribution in [1.29, 1.82) is 0 Å². The summed E-state index contributed by atoms with van der Waals surface area (Å²) in [6.07, 6.45) is 0.725. The zero-order valence-corrected chi connectivity index (χ0v) is 17.4. The van der Waals surface area contributed by atoms with E-state index in [1.54, 1.807) is 25.1 Å². The van der Waals surface area contributed by atoms with Crippen LogP contribution in [0.4, 0.5) is 11.4 Å². The van der Waals surface area contributed by atoms with Crippen molar-refractivity contribution in [2.45, 2.75) is 43.8 Å². The molecule has 0 saturated heterocycles. The summed E-state index contributed by atoms with van der Waals surface area (Å²) in [5.74, 6) is -0.351. The minimum absolute atomic E-state index is 0.0972. The molecule has 2 aromatic carbocycles. The Kier molecular flexibility index (Phi) is 5.93. The van der Waals surface area contributed by atoms with E-state index in [0.717, 1.165) is 12.0 Å². The molecule has 154 valence electrons. The average Bonchev–Trinajstić information content (AvgIpc) is 2.67. The maximum atomic E-state index is 13.1. The molecule has 0 aliphatic carbocycles. The standard InChI is InChI=1S/C21H24N2O5S/c1-4-15-5-7-16(8-6-15)22-20(24)10-14(3)29(26,27)19-11-18-17(9-13(19)2)23-21(25)12-28-18/h5-9,11,14H,4,10,12H2,1-3H3,(H,22,24)(H,23,25)/t14-/m0/s1. The monoisotopic (exact) mass is 416 g/mol. The molecule has 0 fully saturated rings. The van der Waals surface area contributed by atoms with E-state index in [1.165, 1.54) is 13.0 Å². The van der Waals surface area contributed by atoms with Crippen molar-refractivity contribution in [2.75, 3.05) is 17.2 Å². The highest BCUT2D eigenvalue weighted by Gasteiger charge is 2.29. The van der Waals surface area contributed by atoms with Gasteiger partial charge in [0, 0.05) is 18.2 Å². The molecule has 8 heteroatoms. The normalized spacial score (nSPS) is 14.4. The number of rotatable bonds is 6. The van der Waals surface area contributed by atoms with Crippen molar-refractivity contribution in [2.24, 2.45) is 0 Å². The van der Waals surface area contributed by atoms with Gasteiger partial charge in [0.05, 0.1) is 15.8 Å². The molecule has 2 aromatic rings. The highest BCUT2D eigenvalue weighted by atomic mass is 32.2. The van der Waals surface area contributed by atoms with Gasteiger partial charge in [0.2, 0.25) is 5.91 Å². The summed E-state index contributed by atoms with van der Waals surface area (Å²) in [4.78, 5) is 23.9. The lowest BCUT2D eigenvalue weighted by Gasteiger charge is -2.21. The predicted octanol–water partition coefficient (Wildman–Crippen LogP) is 3.08. The molecule has 2 N–H and O–H groups in total. The first-order valence-electron chi connectivity index (χ1n) is 9.40. The third kappa shape index (κ3) is 4.59. The number of carbonyl (C=O) groups excluding carboxylic acids is 2. The lowest BCUT2D eigenvalue weighted by molar-refractivity contribution is -0.118. The van der Waals surface area contributed by atoms with Gasteiger partial charge in [-0.2, -0.15) is 0 Å². The topological polar surface area (TPSA) is 102 Å². The number of fused-ring (bicyclic) bond motifs is 1. The van der Waals surface area contributed by atoms with E-state index in [1.807, 2.05) is 19.1 Å². The number of sulfone groups is 1. The molecule has 3 rings (SSSR count). The van der Waals surface area contributed by atoms with Crippen LogP contribution in [-0.2, 0) is 25.8 Å². The summed E-state index contributed by atoms with van der Waals surface area (Å²) in [5.41, 5.74) is 2.71. The molecule has 0 saturated carbocycles. The van der Waals surface area contributed by atoms with Crippen LogP contribution in [-0.4, -0.2) is 32.1 Å². The van der Waals surface area contributed by atoms with Crippen LogP contribution in [0.1, 0.15) is 31.4 Å². The van der Waals surface area contributed by atoms with Gasteiger partial charge in [0.15, 0.2) is 16.4 Å². The summed E-state index contributed by atoms with van der Waals surface area (Å²) >= 11 is 0. The molecule has 1 heterocycles. The number of carbonyl (C=O) groups is 2. The molecule has 0 unspecified atom stereocenters. The average molecular weight is 416 g/mol. The molecule has 7 nitrogen and oxygen atoms in total. The quantitative estimate of drug-likeness (QED) is 0.754. The Bertz CT molecular complexity index is 1050. The van der Waals surface area contributed by atoms with Crippen molar-refractivity contribution in [3.63, 3.8) is 0 Å². The first-order valence-corrected chi connectivity index (χ1v) is 10.9. The van der Waals surface area contributed by atoms with Gasteiger partial charge in [-0.05, 0) is 49.6 Å². The molecule has 1 aliphatic rings. The van der Waals surface area contributed by atoms with Crippen LogP contribution in [0.25, 0.3) is 0 Å². The second kappa shape index (κ2) is 8.24. The van der Waals surface area contributed by atoms with E-state index >= 15 is 0 Å². The van der Waals surface area contributed by atoms with Gasteiger partial charge in [-0.3, -0.25) is 9.59 Å². The fourth-order valence-electron chi connectivity index (χ4n) is 3.15. The Morgan fingerprint density at radius 3 is 2.59 bits per heavy atom. The van der Waals surface area contributed by atoms with Crippen LogP contribution in [0.2, 0.25) is 0 Å². The number of amides is 2. The summed E-state index contributed by atoms with van der Waals surface area (Å²) in [5, 5.41) is 4.47. The molecule has 2 amide bonds. The fourth-order valence-corrected chi connectivity index (χ4v) is 4.73. The Hall–Kier alpha value is -2.87. The largest absolute Gasteiger partial charge is 0.482 e. The number of nitrogens with one attached hydrogen (secondary N) is 2. The first-order chi connectivity index (χ1) is 13.7. The smallest absolute Gasteiger partial charge is 0.262 e. The zero-order valence-electron chi connectivity index (χ0n) is 16.6. The second-order valence-corrected chi connectivity index (χ2v) is 9.44. The first kappa shape index (κ1) is 20.9. The third-order valence-electron chi connectivity index (χ3n) is 4.87. The van der Waals surface area contributed by atoms with E-state index in [9.17, 15) is 18.0 Å². The molecule has 0 bridgehead atoms. The molecule has 1 aliphatic heterocycles. The van der Waals surface area contributed by atoms with Gasteiger partial charge >= 0.3 is 0 Å². The van der Waals surface area contributed by atoms with Crippen molar-refractivity contribution >= 4 is 33.0 Å². The highest BCUT2D eigenvalue weighted by Crippen LogP contribution is 2.34. The number of ether oxygens (including phenoxy) is 1. The van der Waals surface area contributed by atoms with E-state index in [-0.39, 0.29) is 29.7 Å². The third-order valence-corrected chi connectivity index (χ3v) is 7.14. The Balaban J connectivity index is 1.74. The number of aryl methyl sites for hydroxylation is 2. The van der Waals surface area contributed by atoms with Crippen molar-refractivity contribution < 1.29 is 22.7 Å². The Labute approximate surface area is 170 Å². The van der Waals surface area contributed by atoms with Crippen LogP contribution < -0.4 is 15.4 Å². The van der Waals surface area contributed by atoms with E-state index in [0.29, 0.717) is 22.7 Å². The summed E-state index contributed by atoms with van der Waals surface area (Å²) in [6, 6.07) is 10.4. The van der Waals surface area contributed by atoms with Crippen LogP contribution >= 0.6 is 0 Å². The van der Waals surface area contributed by atoms with E-state index in [2.05, 4.69) is 10.6 Å². The number of hydrogen-bond acceptors (Lipinski definition) is 5. The minimum Gasteiger partial charge on any atom is -0.482 e. The van der Waals surface area contributed by atoms with E-state index < -0.39 is 15.1 Å². The van der Waals surface area contributed by atoms with Gasteiger partial charge in [-0.25, -0.2) is 8.42 Å². The maximum Gasteiger partial charge on any atom is 0.262 e. The summed E-state index contributed by atoms with van der Waals surface area (Å²) < 4.78 is 31.4. The minimum atomic E-state index is -3.77. The van der Waals surface area contributed by atoms with Crippen molar-refractivity contribution in [3.8, 4) is 5.75 Å². The van der Waals surface area contributed by atoms with Crippen LogP contribution in [0.3, 0.4) is 0 Å². The lowest BCUT2D eigenvalue weighted by atomic mass is 10.1. The van der Waals surface area contributed by atoms with Gasteiger partial charge in [-0.1, -0.05) is 19.1 Å². The van der Waals surface area contributed by atoms with Crippen molar-refractivity contribution in [3.05, 3.63) is 47.5 Å². The van der Waals surface area contributed by atoms with Gasteiger partial charge < -0.3 is 15.4 Å². The predicted molar refractivity (Wildman–Crippen MR) is 111 cm³/mol. The molecular formula is C21H24N2O5S. The maximum absolute atomic E-state index is 13.1. The lowest BCUT2D eigenvalue weighted by Crippen LogP contribution is -2.27. The molecule has 0 spiro atoms. The Morgan fingerprint density at radius 2 is 1.93 bits per heavy atom. The van der Waals surface area contributed by atoms with Crippen LogP contribution in [0.15, 0.2) is 41.3 Å². The van der Waals surface area contributed by atoms with Gasteiger partial charge in [0.1, 0.15) is 5.75 Å².